The maximum Gasteiger partial charge on any atom is 0.0954 e. The molecule has 1 rings (SSSR count). The number of oxime groups is 1. The molecule has 0 heterocycles. The molecule has 13 heavy (non-hydrogen) atoms. The van der Waals surface area contributed by atoms with Gasteiger partial charge in [0.15, 0.2) is 0 Å². The van der Waals surface area contributed by atoms with Crippen LogP contribution in [0.4, 0.5) is 0 Å². The van der Waals surface area contributed by atoms with Crippen molar-refractivity contribution in [3.8, 4) is 0 Å². The van der Waals surface area contributed by atoms with E-state index in [1.807, 2.05) is 0 Å². The molecule has 0 aromatic rings. The summed E-state index contributed by atoms with van der Waals surface area (Å²) < 4.78 is 0. The summed E-state index contributed by atoms with van der Waals surface area (Å²) >= 11 is 0. The Kier molecular flexibility index (Phi) is 4.83. The van der Waals surface area contributed by atoms with Gasteiger partial charge in [-0.25, -0.2) is 0 Å². The first-order valence-corrected chi connectivity index (χ1v) is 5.23. The van der Waals surface area contributed by atoms with E-state index in [2.05, 4.69) is 5.16 Å². The van der Waals surface area contributed by atoms with Gasteiger partial charge < -0.3 is 10.3 Å². The van der Waals surface area contributed by atoms with Crippen LogP contribution in [0.25, 0.3) is 0 Å². The van der Waals surface area contributed by atoms with Gasteiger partial charge in [0.2, 0.25) is 0 Å². The van der Waals surface area contributed by atoms with Crippen molar-refractivity contribution < 1.29 is 10.3 Å². The molecule has 0 spiro atoms. The average molecular weight is 185 g/mol. The van der Waals surface area contributed by atoms with Crippen molar-refractivity contribution in [1.82, 2.24) is 0 Å². The molecule has 1 atom stereocenters. The Morgan fingerprint density at radius 2 is 1.62 bits per heavy atom. The first-order valence-electron chi connectivity index (χ1n) is 5.23. The molecule has 0 bridgehead atoms. The van der Waals surface area contributed by atoms with Crippen LogP contribution in [0.3, 0.4) is 0 Å². The van der Waals surface area contributed by atoms with Gasteiger partial charge >= 0.3 is 0 Å². The van der Waals surface area contributed by atoms with Crippen LogP contribution in [0.15, 0.2) is 5.16 Å². The molecule has 3 nitrogen and oxygen atoms in total. The van der Waals surface area contributed by atoms with Gasteiger partial charge in [-0.05, 0) is 19.3 Å². The summed E-state index contributed by atoms with van der Waals surface area (Å²) in [5.41, 5.74) is 0.571. The molecule has 0 amide bonds. The Bertz CT molecular complexity index is 168. The van der Waals surface area contributed by atoms with E-state index in [1.165, 1.54) is 25.7 Å². The molecule has 0 radical (unpaired) electrons. The predicted molar refractivity (Wildman–Crippen MR) is 52.2 cm³/mol. The van der Waals surface area contributed by atoms with Crippen LogP contribution in [-0.2, 0) is 0 Å². The van der Waals surface area contributed by atoms with Crippen LogP contribution in [-0.4, -0.2) is 22.1 Å². The maximum absolute atomic E-state index is 9.60. The smallest absolute Gasteiger partial charge is 0.0954 e. The monoisotopic (exact) mass is 185 g/mol. The highest BCUT2D eigenvalue weighted by Gasteiger charge is 2.13. The summed E-state index contributed by atoms with van der Waals surface area (Å²) in [5.74, 6) is 0. The summed E-state index contributed by atoms with van der Waals surface area (Å²) in [6.07, 6.45) is 7.99. The SMILES string of the molecule is ON=C1CCCCCCCCC1O. The van der Waals surface area contributed by atoms with Crippen molar-refractivity contribution in [1.29, 1.82) is 0 Å². The van der Waals surface area contributed by atoms with Crippen molar-refractivity contribution in [2.75, 3.05) is 0 Å². The zero-order chi connectivity index (χ0) is 9.52. The van der Waals surface area contributed by atoms with Crippen molar-refractivity contribution in [3.63, 3.8) is 0 Å². The molecule has 1 aliphatic rings. The van der Waals surface area contributed by atoms with Crippen LogP contribution in [0, 0.1) is 0 Å². The van der Waals surface area contributed by atoms with E-state index in [1.54, 1.807) is 0 Å². The zero-order valence-corrected chi connectivity index (χ0v) is 8.08. The fraction of sp³-hybridized carbons (Fsp3) is 0.900. The van der Waals surface area contributed by atoms with Crippen molar-refractivity contribution in [2.45, 2.75) is 57.5 Å². The minimum Gasteiger partial charge on any atom is -0.411 e. The Balaban J connectivity index is 2.42. The molecule has 0 saturated heterocycles. The fourth-order valence-electron chi connectivity index (χ4n) is 1.80. The van der Waals surface area contributed by atoms with Gasteiger partial charge in [-0.1, -0.05) is 37.3 Å². The number of hydrogen-bond acceptors (Lipinski definition) is 3. The van der Waals surface area contributed by atoms with Gasteiger partial charge in [-0.15, -0.1) is 0 Å². The van der Waals surface area contributed by atoms with Gasteiger partial charge in [0.1, 0.15) is 0 Å². The maximum atomic E-state index is 9.60. The molecule has 0 aromatic heterocycles. The van der Waals surface area contributed by atoms with Crippen molar-refractivity contribution in [2.24, 2.45) is 5.16 Å². The van der Waals surface area contributed by atoms with E-state index in [9.17, 15) is 5.11 Å². The number of hydrogen-bond donors (Lipinski definition) is 2. The topological polar surface area (TPSA) is 52.8 Å². The Labute approximate surface area is 79.5 Å². The third-order valence-corrected chi connectivity index (χ3v) is 2.67. The minimum atomic E-state index is -0.511. The van der Waals surface area contributed by atoms with Crippen LogP contribution < -0.4 is 0 Å². The predicted octanol–water partition coefficient (Wildman–Crippen LogP) is 2.31. The fourth-order valence-corrected chi connectivity index (χ4v) is 1.80. The molecular weight excluding hydrogens is 166 g/mol. The second-order valence-electron chi connectivity index (χ2n) is 3.77. The van der Waals surface area contributed by atoms with Gasteiger partial charge in [-0.3, -0.25) is 0 Å². The second kappa shape index (κ2) is 5.97. The summed E-state index contributed by atoms with van der Waals surface area (Å²) in [7, 11) is 0. The number of aliphatic hydroxyl groups excluding tert-OH is 1. The lowest BCUT2D eigenvalue weighted by molar-refractivity contribution is 0.211. The average Bonchev–Trinajstić information content (AvgIpc) is 2.16. The molecule has 1 saturated carbocycles. The molecule has 1 fully saturated rings. The third-order valence-electron chi connectivity index (χ3n) is 2.67. The molecule has 3 heteroatoms. The zero-order valence-electron chi connectivity index (χ0n) is 8.08. The quantitative estimate of drug-likeness (QED) is 0.449. The lowest BCUT2D eigenvalue weighted by Crippen LogP contribution is -2.20. The Morgan fingerprint density at radius 1 is 1.00 bits per heavy atom. The molecular formula is C10H19NO2. The van der Waals surface area contributed by atoms with Crippen LogP contribution in [0.1, 0.15) is 51.4 Å². The second-order valence-corrected chi connectivity index (χ2v) is 3.77. The largest absolute Gasteiger partial charge is 0.411 e. The standard InChI is InChI=1S/C10H19NO2/c12-10-8-6-4-2-1-3-5-7-9(10)11-13/h10,12-13H,1-8H2. The first-order chi connectivity index (χ1) is 6.34. The van der Waals surface area contributed by atoms with Crippen molar-refractivity contribution in [3.05, 3.63) is 0 Å². The Morgan fingerprint density at radius 3 is 2.31 bits per heavy atom. The summed E-state index contributed by atoms with van der Waals surface area (Å²) in [5, 5.41) is 21.4. The summed E-state index contributed by atoms with van der Waals surface area (Å²) in [6.45, 7) is 0. The normalized spacial score (nSPS) is 30.2. The van der Waals surface area contributed by atoms with Gasteiger partial charge in [-0.2, -0.15) is 0 Å². The van der Waals surface area contributed by atoms with E-state index < -0.39 is 6.10 Å². The van der Waals surface area contributed by atoms with Crippen LogP contribution >= 0.6 is 0 Å². The summed E-state index contributed by atoms with van der Waals surface area (Å²) in [4.78, 5) is 0. The number of nitrogens with zero attached hydrogens (tertiary/aromatic N) is 1. The van der Waals surface area contributed by atoms with E-state index >= 15 is 0 Å². The summed E-state index contributed by atoms with van der Waals surface area (Å²) in [6, 6.07) is 0. The third kappa shape index (κ3) is 3.77. The lowest BCUT2D eigenvalue weighted by Gasteiger charge is -2.14. The molecule has 0 aromatic carbocycles. The Hall–Kier alpha value is -0.570. The van der Waals surface area contributed by atoms with Crippen LogP contribution in [0.2, 0.25) is 0 Å². The number of rotatable bonds is 0. The number of aliphatic hydroxyl groups is 1. The molecule has 1 unspecified atom stereocenters. The van der Waals surface area contributed by atoms with E-state index in [-0.39, 0.29) is 0 Å². The lowest BCUT2D eigenvalue weighted by atomic mass is 9.98. The molecule has 76 valence electrons. The van der Waals surface area contributed by atoms with E-state index in [4.69, 9.17) is 5.21 Å². The molecule has 0 aliphatic heterocycles. The highest BCUT2D eigenvalue weighted by molar-refractivity contribution is 5.87. The van der Waals surface area contributed by atoms with Gasteiger partial charge in [0.05, 0.1) is 11.8 Å². The highest BCUT2D eigenvalue weighted by atomic mass is 16.4. The van der Waals surface area contributed by atoms with E-state index in [0.717, 1.165) is 25.7 Å². The minimum absolute atomic E-state index is 0.511. The van der Waals surface area contributed by atoms with E-state index in [0.29, 0.717) is 5.71 Å². The first kappa shape index (κ1) is 10.5. The van der Waals surface area contributed by atoms with Gasteiger partial charge in [0.25, 0.3) is 0 Å². The molecule has 2 N–H and O–H groups in total. The van der Waals surface area contributed by atoms with Crippen molar-refractivity contribution >= 4 is 5.71 Å². The van der Waals surface area contributed by atoms with Crippen LogP contribution in [0.5, 0.6) is 0 Å². The van der Waals surface area contributed by atoms with Gasteiger partial charge in [0, 0.05) is 0 Å². The highest BCUT2D eigenvalue weighted by Crippen LogP contribution is 2.15. The molecule has 1 aliphatic carbocycles.